The number of rotatable bonds is 7. The molecule has 2 N–H and O–H groups in total. The molecule has 0 bridgehead atoms. The summed E-state index contributed by atoms with van der Waals surface area (Å²) in [7, 11) is 0. The number of anilines is 2. The van der Waals surface area contributed by atoms with Crippen LogP contribution in [0, 0.1) is 5.82 Å². The van der Waals surface area contributed by atoms with Crippen LogP contribution in [0.1, 0.15) is 6.92 Å². The number of nitrogens with one attached hydrogen (secondary N) is 2. The van der Waals surface area contributed by atoms with Crippen molar-refractivity contribution in [1.82, 2.24) is 0 Å². The van der Waals surface area contributed by atoms with E-state index < -0.39 is 0 Å². The van der Waals surface area contributed by atoms with Gasteiger partial charge in [-0.3, -0.25) is 0 Å². The molecule has 0 spiro atoms. The second kappa shape index (κ2) is 7.38. The van der Waals surface area contributed by atoms with E-state index in [1.807, 2.05) is 37.3 Å². The van der Waals surface area contributed by atoms with Gasteiger partial charge in [0.15, 0.2) is 0 Å². The maximum atomic E-state index is 13.4. The Kier molecular flexibility index (Phi) is 5.24. The summed E-state index contributed by atoms with van der Waals surface area (Å²) in [5.74, 6) is 0.600. The van der Waals surface area contributed by atoms with E-state index in [1.165, 1.54) is 6.07 Å². The Balaban J connectivity index is 1.83. The lowest BCUT2D eigenvalue weighted by Gasteiger charge is -2.13. The van der Waals surface area contributed by atoms with Crippen LogP contribution in [-0.2, 0) is 0 Å². The molecule has 0 aliphatic carbocycles. The summed E-state index contributed by atoms with van der Waals surface area (Å²) in [6.07, 6.45) is 0. The third kappa shape index (κ3) is 3.88. The molecule has 0 radical (unpaired) electrons. The Morgan fingerprint density at radius 3 is 2.20 bits per heavy atom. The zero-order chi connectivity index (χ0) is 14.2. The lowest BCUT2D eigenvalue weighted by atomic mass is 10.3. The molecule has 0 aromatic heterocycles. The Labute approximate surface area is 118 Å². The fourth-order valence-electron chi connectivity index (χ4n) is 1.89. The predicted molar refractivity (Wildman–Crippen MR) is 81.0 cm³/mol. The molecule has 2 aromatic carbocycles. The van der Waals surface area contributed by atoms with Crippen LogP contribution in [0.3, 0.4) is 0 Å². The van der Waals surface area contributed by atoms with Gasteiger partial charge in [0.05, 0.1) is 18.0 Å². The van der Waals surface area contributed by atoms with Crippen molar-refractivity contribution in [2.45, 2.75) is 6.92 Å². The van der Waals surface area contributed by atoms with Gasteiger partial charge in [-0.05, 0) is 31.2 Å². The maximum absolute atomic E-state index is 13.4. The Hall–Kier alpha value is -2.23. The zero-order valence-corrected chi connectivity index (χ0v) is 11.5. The van der Waals surface area contributed by atoms with Crippen molar-refractivity contribution in [2.24, 2.45) is 0 Å². The van der Waals surface area contributed by atoms with E-state index in [0.717, 1.165) is 11.4 Å². The number of ether oxygens (including phenoxy) is 1. The van der Waals surface area contributed by atoms with Gasteiger partial charge in [0.25, 0.3) is 0 Å². The van der Waals surface area contributed by atoms with E-state index in [4.69, 9.17) is 4.74 Å². The largest absolute Gasteiger partial charge is 0.492 e. The highest BCUT2D eigenvalue weighted by Gasteiger charge is 2.02. The SMILES string of the molecule is CCOc1ccccc1NCCNc1ccccc1F. The smallest absolute Gasteiger partial charge is 0.146 e. The number of para-hydroxylation sites is 3. The fraction of sp³-hybridized carbons (Fsp3) is 0.250. The van der Waals surface area contributed by atoms with Gasteiger partial charge in [-0.15, -0.1) is 0 Å². The molecule has 20 heavy (non-hydrogen) atoms. The molecule has 0 saturated heterocycles. The third-order valence-electron chi connectivity index (χ3n) is 2.82. The molecule has 0 fully saturated rings. The van der Waals surface area contributed by atoms with Crippen LogP contribution in [0.25, 0.3) is 0 Å². The van der Waals surface area contributed by atoms with Crippen molar-refractivity contribution in [1.29, 1.82) is 0 Å². The first kappa shape index (κ1) is 14.2. The van der Waals surface area contributed by atoms with Gasteiger partial charge in [0.1, 0.15) is 11.6 Å². The second-order valence-electron chi connectivity index (χ2n) is 4.26. The van der Waals surface area contributed by atoms with Crippen molar-refractivity contribution < 1.29 is 9.13 Å². The van der Waals surface area contributed by atoms with Gasteiger partial charge >= 0.3 is 0 Å². The molecule has 0 aliphatic heterocycles. The van der Waals surface area contributed by atoms with Crippen LogP contribution in [0.4, 0.5) is 15.8 Å². The minimum atomic E-state index is -0.234. The van der Waals surface area contributed by atoms with Gasteiger partial charge in [0, 0.05) is 13.1 Å². The monoisotopic (exact) mass is 274 g/mol. The summed E-state index contributed by atoms with van der Waals surface area (Å²) in [5, 5.41) is 6.33. The fourth-order valence-corrected chi connectivity index (χ4v) is 1.89. The molecule has 0 aliphatic rings. The van der Waals surface area contributed by atoms with Gasteiger partial charge < -0.3 is 15.4 Å². The maximum Gasteiger partial charge on any atom is 0.146 e. The highest BCUT2D eigenvalue weighted by molar-refractivity contribution is 5.56. The molecule has 4 heteroatoms. The molecule has 0 unspecified atom stereocenters. The molecule has 0 saturated carbocycles. The van der Waals surface area contributed by atoms with Crippen molar-refractivity contribution in [3.8, 4) is 5.75 Å². The minimum absolute atomic E-state index is 0.234. The molecule has 2 aromatic rings. The van der Waals surface area contributed by atoms with E-state index in [1.54, 1.807) is 12.1 Å². The number of halogens is 1. The van der Waals surface area contributed by atoms with Crippen molar-refractivity contribution in [2.75, 3.05) is 30.3 Å². The van der Waals surface area contributed by atoms with E-state index in [-0.39, 0.29) is 5.82 Å². The standard InChI is InChI=1S/C16H19FN2O/c1-2-20-16-10-6-5-9-15(16)19-12-11-18-14-8-4-3-7-13(14)17/h3-10,18-19H,2,11-12H2,1H3. The quantitative estimate of drug-likeness (QED) is 0.754. The Bertz CT molecular complexity index is 546. The van der Waals surface area contributed by atoms with Crippen LogP contribution < -0.4 is 15.4 Å². The highest BCUT2D eigenvalue weighted by Crippen LogP contribution is 2.23. The number of benzene rings is 2. The lowest BCUT2D eigenvalue weighted by Crippen LogP contribution is -2.14. The first-order chi connectivity index (χ1) is 9.81. The average Bonchev–Trinajstić information content (AvgIpc) is 2.47. The van der Waals surface area contributed by atoms with Crippen LogP contribution >= 0.6 is 0 Å². The average molecular weight is 274 g/mol. The molecule has 0 heterocycles. The summed E-state index contributed by atoms with van der Waals surface area (Å²) in [6.45, 7) is 3.89. The topological polar surface area (TPSA) is 33.3 Å². The molecular formula is C16H19FN2O. The Morgan fingerprint density at radius 2 is 1.50 bits per heavy atom. The van der Waals surface area contributed by atoms with E-state index >= 15 is 0 Å². The Morgan fingerprint density at radius 1 is 0.900 bits per heavy atom. The second-order valence-corrected chi connectivity index (χ2v) is 4.26. The van der Waals surface area contributed by atoms with E-state index in [9.17, 15) is 4.39 Å². The molecule has 0 atom stereocenters. The van der Waals surface area contributed by atoms with Crippen LogP contribution in [-0.4, -0.2) is 19.7 Å². The van der Waals surface area contributed by atoms with Gasteiger partial charge in [-0.1, -0.05) is 24.3 Å². The van der Waals surface area contributed by atoms with E-state index in [0.29, 0.717) is 25.4 Å². The van der Waals surface area contributed by atoms with E-state index in [2.05, 4.69) is 10.6 Å². The summed E-state index contributed by atoms with van der Waals surface area (Å²) in [6, 6.07) is 14.4. The zero-order valence-electron chi connectivity index (χ0n) is 11.5. The van der Waals surface area contributed by atoms with Crippen LogP contribution in [0.15, 0.2) is 48.5 Å². The number of hydrogen-bond acceptors (Lipinski definition) is 3. The van der Waals surface area contributed by atoms with Gasteiger partial charge in [-0.2, -0.15) is 0 Å². The van der Waals surface area contributed by atoms with Gasteiger partial charge in [-0.25, -0.2) is 4.39 Å². The minimum Gasteiger partial charge on any atom is -0.492 e. The number of hydrogen-bond donors (Lipinski definition) is 2. The van der Waals surface area contributed by atoms with Crippen LogP contribution in [0.2, 0.25) is 0 Å². The van der Waals surface area contributed by atoms with Crippen LogP contribution in [0.5, 0.6) is 5.75 Å². The highest BCUT2D eigenvalue weighted by atomic mass is 19.1. The normalized spacial score (nSPS) is 10.1. The summed E-state index contributed by atoms with van der Waals surface area (Å²) in [5.41, 5.74) is 1.47. The first-order valence-electron chi connectivity index (χ1n) is 6.75. The predicted octanol–water partition coefficient (Wildman–Crippen LogP) is 3.75. The third-order valence-corrected chi connectivity index (χ3v) is 2.82. The molecule has 0 amide bonds. The summed E-state index contributed by atoms with van der Waals surface area (Å²) < 4.78 is 18.9. The van der Waals surface area contributed by atoms with Crippen molar-refractivity contribution in [3.63, 3.8) is 0 Å². The molecule has 3 nitrogen and oxygen atoms in total. The lowest BCUT2D eigenvalue weighted by molar-refractivity contribution is 0.342. The van der Waals surface area contributed by atoms with Crippen molar-refractivity contribution in [3.05, 3.63) is 54.3 Å². The molecule has 2 rings (SSSR count). The first-order valence-corrected chi connectivity index (χ1v) is 6.75. The van der Waals surface area contributed by atoms with Gasteiger partial charge in [0.2, 0.25) is 0 Å². The molecular weight excluding hydrogens is 255 g/mol. The summed E-state index contributed by atoms with van der Waals surface area (Å²) >= 11 is 0. The summed E-state index contributed by atoms with van der Waals surface area (Å²) in [4.78, 5) is 0. The molecule has 106 valence electrons. The van der Waals surface area contributed by atoms with Crippen molar-refractivity contribution >= 4 is 11.4 Å².